The van der Waals surface area contributed by atoms with Gasteiger partial charge in [0.2, 0.25) is 0 Å². The Bertz CT molecular complexity index is 1260. The van der Waals surface area contributed by atoms with Gasteiger partial charge in [-0.05, 0) is 23.3 Å². The Kier molecular flexibility index (Phi) is 4.74. The van der Waals surface area contributed by atoms with E-state index in [2.05, 4.69) is 88.4 Å². The molecule has 146 valence electrons. The minimum absolute atomic E-state index is 0.775. The molecule has 0 atom stereocenters. The van der Waals surface area contributed by atoms with Crippen LogP contribution in [-0.2, 0) is 6.54 Å². The number of fused-ring (bicyclic) bond motifs is 1. The average Bonchev–Trinajstić information content (AvgIpc) is 3.21. The number of hydrogen-bond acceptors (Lipinski definition) is 3. The van der Waals surface area contributed by atoms with Crippen molar-refractivity contribution in [3.8, 4) is 16.8 Å². The quantitative estimate of drug-likeness (QED) is 0.385. The number of hydrogen-bond donors (Lipinski definition) is 0. The third kappa shape index (κ3) is 3.33. The number of anilines is 1. The molecule has 30 heavy (non-hydrogen) atoms. The van der Waals surface area contributed by atoms with Crippen molar-refractivity contribution >= 4 is 16.9 Å². The molecule has 5 aromatic rings. The Labute approximate surface area is 176 Å². The molecule has 0 bridgehead atoms. The smallest absolute Gasteiger partial charge is 0.150 e. The van der Waals surface area contributed by atoms with E-state index < -0.39 is 0 Å². The molecule has 2 heterocycles. The molecule has 4 nitrogen and oxygen atoms in total. The van der Waals surface area contributed by atoms with Crippen molar-refractivity contribution in [1.82, 2.24) is 14.5 Å². The van der Waals surface area contributed by atoms with Crippen molar-refractivity contribution in [2.24, 2.45) is 0 Å². The summed E-state index contributed by atoms with van der Waals surface area (Å²) in [6.07, 6.45) is 3.83. The summed E-state index contributed by atoms with van der Waals surface area (Å²) in [6, 6.07) is 31.2. The minimum atomic E-state index is 0.775. The maximum atomic E-state index is 4.70. The lowest BCUT2D eigenvalue weighted by atomic mass is 10.1. The Balaban J connectivity index is 1.71. The molecule has 0 aliphatic heterocycles. The highest BCUT2D eigenvalue weighted by Crippen LogP contribution is 2.36. The molecule has 0 aliphatic carbocycles. The van der Waals surface area contributed by atoms with E-state index in [0.29, 0.717) is 0 Å². The van der Waals surface area contributed by atoms with Crippen LogP contribution in [0, 0.1) is 0 Å². The second-order valence-corrected chi connectivity index (χ2v) is 7.35. The van der Waals surface area contributed by atoms with E-state index in [4.69, 9.17) is 4.98 Å². The second kappa shape index (κ2) is 7.84. The lowest BCUT2D eigenvalue weighted by Crippen LogP contribution is -2.18. The van der Waals surface area contributed by atoms with Crippen molar-refractivity contribution in [1.29, 1.82) is 0 Å². The van der Waals surface area contributed by atoms with Gasteiger partial charge < -0.3 is 9.47 Å². The summed E-state index contributed by atoms with van der Waals surface area (Å²) in [5, 5.41) is 1.06. The Hall–Kier alpha value is -3.92. The van der Waals surface area contributed by atoms with E-state index in [1.165, 1.54) is 5.56 Å². The SMILES string of the molecule is CN(Cc1ccccc1)c1ncnc2c1c(-c1ccccc1)cn2-c1ccccc1. The van der Waals surface area contributed by atoms with Crippen molar-refractivity contribution in [2.45, 2.75) is 6.54 Å². The van der Waals surface area contributed by atoms with Crippen LogP contribution in [0.25, 0.3) is 27.8 Å². The molecule has 5 rings (SSSR count). The lowest BCUT2D eigenvalue weighted by molar-refractivity contribution is 0.899. The van der Waals surface area contributed by atoms with Crippen LogP contribution < -0.4 is 4.90 Å². The normalized spacial score (nSPS) is 11.0. The highest BCUT2D eigenvalue weighted by atomic mass is 15.2. The van der Waals surface area contributed by atoms with Gasteiger partial charge in [0.05, 0.1) is 5.39 Å². The summed E-state index contributed by atoms with van der Waals surface area (Å²) in [7, 11) is 2.09. The van der Waals surface area contributed by atoms with Crippen molar-refractivity contribution < 1.29 is 0 Å². The molecule has 0 N–H and O–H groups in total. The second-order valence-electron chi connectivity index (χ2n) is 7.35. The predicted molar refractivity (Wildman–Crippen MR) is 123 cm³/mol. The van der Waals surface area contributed by atoms with Gasteiger partial charge in [-0.15, -0.1) is 0 Å². The lowest BCUT2D eigenvalue weighted by Gasteiger charge is -2.19. The molecule has 4 heteroatoms. The molecular weight excluding hydrogens is 368 g/mol. The monoisotopic (exact) mass is 390 g/mol. The third-order valence-electron chi connectivity index (χ3n) is 5.31. The van der Waals surface area contributed by atoms with Gasteiger partial charge in [-0.1, -0.05) is 78.9 Å². The van der Waals surface area contributed by atoms with Gasteiger partial charge in [-0.3, -0.25) is 0 Å². The van der Waals surface area contributed by atoms with Crippen LogP contribution in [-0.4, -0.2) is 21.6 Å². The largest absolute Gasteiger partial charge is 0.355 e. The van der Waals surface area contributed by atoms with Crippen LogP contribution in [0.2, 0.25) is 0 Å². The maximum Gasteiger partial charge on any atom is 0.150 e. The first kappa shape index (κ1) is 18.1. The zero-order valence-corrected chi connectivity index (χ0v) is 16.8. The van der Waals surface area contributed by atoms with Crippen molar-refractivity contribution in [2.75, 3.05) is 11.9 Å². The Morgan fingerprint density at radius 3 is 2.10 bits per heavy atom. The zero-order valence-electron chi connectivity index (χ0n) is 16.8. The van der Waals surface area contributed by atoms with Gasteiger partial charge in [0, 0.05) is 31.0 Å². The van der Waals surface area contributed by atoms with Crippen LogP contribution >= 0.6 is 0 Å². The highest BCUT2D eigenvalue weighted by molar-refractivity contribution is 6.02. The number of rotatable bonds is 5. The van der Waals surface area contributed by atoms with Crippen LogP contribution in [0.4, 0.5) is 5.82 Å². The van der Waals surface area contributed by atoms with Gasteiger partial charge in [0.1, 0.15) is 12.1 Å². The van der Waals surface area contributed by atoms with Crippen LogP contribution in [0.3, 0.4) is 0 Å². The molecule has 0 fully saturated rings. The fourth-order valence-electron chi connectivity index (χ4n) is 3.89. The van der Waals surface area contributed by atoms with E-state index in [1.54, 1.807) is 6.33 Å². The summed E-state index contributed by atoms with van der Waals surface area (Å²) in [5.74, 6) is 0.928. The first-order chi connectivity index (χ1) is 14.8. The van der Waals surface area contributed by atoms with Gasteiger partial charge in [0.15, 0.2) is 5.65 Å². The van der Waals surface area contributed by atoms with Gasteiger partial charge >= 0.3 is 0 Å². The molecule has 0 spiro atoms. The fraction of sp³-hybridized carbons (Fsp3) is 0.0769. The van der Waals surface area contributed by atoms with E-state index in [0.717, 1.165) is 40.2 Å². The first-order valence-corrected chi connectivity index (χ1v) is 10.0. The average molecular weight is 390 g/mol. The van der Waals surface area contributed by atoms with Crippen LogP contribution in [0.1, 0.15) is 5.56 Å². The van der Waals surface area contributed by atoms with Crippen LogP contribution in [0.15, 0.2) is 104 Å². The highest BCUT2D eigenvalue weighted by Gasteiger charge is 2.19. The summed E-state index contributed by atoms with van der Waals surface area (Å²) in [5.41, 5.74) is 5.52. The Morgan fingerprint density at radius 1 is 0.767 bits per heavy atom. The van der Waals surface area contributed by atoms with E-state index in [1.807, 2.05) is 30.3 Å². The fourth-order valence-corrected chi connectivity index (χ4v) is 3.89. The molecule has 3 aromatic carbocycles. The number of para-hydroxylation sites is 1. The maximum absolute atomic E-state index is 4.70. The molecule has 0 unspecified atom stereocenters. The number of nitrogens with zero attached hydrogens (tertiary/aromatic N) is 4. The van der Waals surface area contributed by atoms with Crippen molar-refractivity contribution in [3.63, 3.8) is 0 Å². The van der Waals surface area contributed by atoms with Gasteiger partial charge in [-0.25, -0.2) is 9.97 Å². The zero-order chi connectivity index (χ0) is 20.3. The summed E-state index contributed by atoms with van der Waals surface area (Å²) < 4.78 is 2.15. The molecule has 0 saturated carbocycles. The number of benzene rings is 3. The van der Waals surface area contributed by atoms with Gasteiger partial charge in [0.25, 0.3) is 0 Å². The summed E-state index contributed by atoms with van der Waals surface area (Å²) in [6.45, 7) is 0.775. The molecule has 0 saturated heterocycles. The van der Waals surface area contributed by atoms with E-state index in [9.17, 15) is 0 Å². The topological polar surface area (TPSA) is 34.0 Å². The van der Waals surface area contributed by atoms with Gasteiger partial charge in [-0.2, -0.15) is 0 Å². The molecule has 0 radical (unpaired) electrons. The number of aromatic nitrogens is 3. The molecule has 0 aliphatic rings. The molecule has 2 aromatic heterocycles. The summed E-state index contributed by atoms with van der Waals surface area (Å²) >= 11 is 0. The third-order valence-corrected chi connectivity index (χ3v) is 5.31. The predicted octanol–water partition coefficient (Wildman–Crippen LogP) is 5.72. The van der Waals surface area contributed by atoms with Crippen LogP contribution in [0.5, 0.6) is 0 Å². The standard InChI is InChI=1S/C26H22N4/c1-29(17-20-11-5-2-6-12-20)25-24-23(21-13-7-3-8-14-21)18-30(26(24)28-19-27-25)22-15-9-4-10-16-22/h2-16,18-19H,17H2,1H3. The molecular formula is C26H22N4. The summed E-state index contributed by atoms with van der Waals surface area (Å²) in [4.78, 5) is 11.6. The first-order valence-electron chi connectivity index (χ1n) is 10.0. The van der Waals surface area contributed by atoms with E-state index >= 15 is 0 Å². The molecule has 0 amide bonds. The van der Waals surface area contributed by atoms with Crippen molar-refractivity contribution in [3.05, 3.63) is 109 Å². The minimum Gasteiger partial charge on any atom is -0.355 e. The Morgan fingerprint density at radius 2 is 1.40 bits per heavy atom. The van der Waals surface area contributed by atoms with E-state index in [-0.39, 0.29) is 0 Å².